The van der Waals surface area contributed by atoms with Crippen molar-refractivity contribution in [2.75, 3.05) is 0 Å². The summed E-state index contributed by atoms with van der Waals surface area (Å²) in [4.78, 5) is 0. The Kier molecular flexibility index (Phi) is 4.08. The summed E-state index contributed by atoms with van der Waals surface area (Å²) in [7, 11) is 0. The van der Waals surface area contributed by atoms with Gasteiger partial charge in [0.05, 0.1) is 0 Å². The van der Waals surface area contributed by atoms with Crippen LogP contribution in [0, 0.1) is 5.41 Å². The maximum Gasteiger partial charge on any atom is 0.0262 e. The van der Waals surface area contributed by atoms with Crippen LogP contribution in [0.25, 0.3) is 27.5 Å². The number of hydrogen-bond acceptors (Lipinski definition) is 1. The van der Waals surface area contributed by atoms with Gasteiger partial charge in [-0.25, -0.2) is 0 Å². The van der Waals surface area contributed by atoms with Crippen LogP contribution in [-0.4, -0.2) is 6.21 Å². The zero-order valence-electron chi connectivity index (χ0n) is 15.6. The average Bonchev–Trinajstić information content (AvgIpc) is 2.94. The van der Waals surface area contributed by atoms with Crippen LogP contribution in [0.2, 0.25) is 0 Å². The van der Waals surface area contributed by atoms with Crippen molar-refractivity contribution in [2.24, 2.45) is 0 Å². The van der Waals surface area contributed by atoms with E-state index in [1.165, 1.54) is 45.0 Å². The fourth-order valence-electron chi connectivity index (χ4n) is 4.04. The predicted molar refractivity (Wildman–Crippen MR) is 113 cm³/mol. The highest BCUT2D eigenvalue weighted by Gasteiger charge is 2.20. The molecule has 1 aliphatic rings. The van der Waals surface area contributed by atoms with Crippen molar-refractivity contribution >= 4 is 22.6 Å². The van der Waals surface area contributed by atoms with Crippen molar-refractivity contribution in [1.82, 2.24) is 0 Å². The molecule has 0 radical (unpaired) electrons. The van der Waals surface area contributed by atoms with Gasteiger partial charge in [0.25, 0.3) is 0 Å². The van der Waals surface area contributed by atoms with Crippen molar-refractivity contribution in [2.45, 2.75) is 27.2 Å². The first-order chi connectivity index (χ1) is 12.6. The molecule has 3 aromatic carbocycles. The maximum absolute atomic E-state index is 8.05. The molecule has 0 amide bonds. The molecule has 0 bridgehead atoms. The Morgan fingerprint density at radius 2 is 1.42 bits per heavy atom. The molecule has 0 saturated heterocycles. The molecular formula is C25H23N. The molecule has 1 nitrogen and oxygen atoms in total. The number of fused-ring (bicyclic) bond motifs is 1. The third-order valence-electron chi connectivity index (χ3n) is 5.75. The summed E-state index contributed by atoms with van der Waals surface area (Å²) in [6.45, 7) is 6.68. The van der Waals surface area contributed by atoms with Gasteiger partial charge >= 0.3 is 0 Å². The number of benzene rings is 3. The van der Waals surface area contributed by atoms with Crippen LogP contribution in [0.5, 0.6) is 0 Å². The largest absolute Gasteiger partial charge is 0.308 e. The number of allylic oxidation sites excluding steroid dienone is 4. The summed E-state index contributed by atoms with van der Waals surface area (Å²) in [5, 5.41) is 10.4. The van der Waals surface area contributed by atoms with Crippen molar-refractivity contribution in [3.8, 4) is 11.1 Å². The van der Waals surface area contributed by atoms with Crippen LogP contribution < -0.4 is 0 Å². The van der Waals surface area contributed by atoms with Crippen LogP contribution in [0.3, 0.4) is 0 Å². The maximum atomic E-state index is 8.05. The Morgan fingerprint density at radius 3 is 2.12 bits per heavy atom. The highest BCUT2D eigenvalue weighted by atomic mass is 14.3. The van der Waals surface area contributed by atoms with Crippen LogP contribution in [0.15, 0.2) is 77.4 Å². The SMILES string of the molecule is CC1=C(C)C(C)=C(c2ccccc2-c2ccc3ccccc3c2C=N)C1. The molecule has 26 heavy (non-hydrogen) atoms. The van der Waals surface area contributed by atoms with E-state index in [9.17, 15) is 0 Å². The zero-order chi connectivity index (χ0) is 18.3. The highest BCUT2D eigenvalue weighted by Crippen LogP contribution is 2.42. The topological polar surface area (TPSA) is 23.9 Å². The summed E-state index contributed by atoms with van der Waals surface area (Å²) in [6, 6.07) is 21.3. The van der Waals surface area contributed by atoms with Gasteiger partial charge in [0, 0.05) is 11.8 Å². The van der Waals surface area contributed by atoms with Crippen molar-refractivity contribution in [1.29, 1.82) is 5.41 Å². The van der Waals surface area contributed by atoms with E-state index in [2.05, 4.69) is 69.3 Å². The van der Waals surface area contributed by atoms with Gasteiger partial charge in [-0.1, -0.05) is 66.2 Å². The van der Waals surface area contributed by atoms with E-state index >= 15 is 0 Å². The predicted octanol–water partition coefficient (Wildman–Crippen LogP) is 7.02. The molecule has 0 heterocycles. The normalized spacial score (nSPS) is 14.4. The fourth-order valence-corrected chi connectivity index (χ4v) is 4.04. The van der Waals surface area contributed by atoms with Gasteiger partial charge in [-0.15, -0.1) is 0 Å². The van der Waals surface area contributed by atoms with E-state index in [0.29, 0.717) is 0 Å². The number of nitrogens with one attached hydrogen (secondary N) is 1. The summed E-state index contributed by atoms with van der Waals surface area (Å²) in [6.07, 6.45) is 2.52. The second kappa shape index (κ2) is 6.42. The van der Waals surface area contributed by atoms with E-state index in [1.54, 1.807) is 0 Å². The molecule has 1 N–H and O–H groups in total. The number of rotatable bonds is 3. The molecular weight excluding hydrogens is 314 g/mol. The summed E-state index contributed by atoms with van der Waals surface area (Å²) in [5.41, 5.74) is 10.3. The lowest BCUT2D eigenvalue weighted by atomic mass is 9.88. The molecule has 3 aromatic rings. The van der Waals surface area contributed by atoms with E-state index in [0.717, 1.165) is 22.9 Å². The lowest BCUT2D eigenvalue weighted by Gasteiger charge is -2.16. The Hall–Kier alpha value is -2.93. The fraction of sp³-hybridized carbons (Fsp3) is 0.160. The van der Waals surface area contributed by atoms with Crippen LogP contribution in [-0.2, 0) is 0 Å². The van der Waals surface area contributed by atoms with Gasteiger partial charge in [0.1, 0.15) is 0 Å². The first kappa shape index (κ1) is 16.5. The molecule has 0 unspecified atom stereocenters. The molecule has 1 heteroatoms. The van der Waals surface area contributed by atoms with E-state index < -0.39 is 0 Å². The minimum atomic E-state index is 0.994. The molecule has 0 aliphatic heterocycles. The average molecular weight is 337 g/mol. The lowest BCUT2D eigenvalue weighted by Crippen LogP contribution is -1.95. The lowest BCUT2D eigenvalue weighted by molar-refractivity contribution is 1.22. The first-order valence-electron chi connectivity index (χ1n) is 9.10. The van der Waals surface area contributed by atoms with Crippen molar-refractivity contribution < 1.29 is 0 Å². The first-order valence-corrected chi connectivity index (χ1v) is 9.10. The Balaban J connectivity index is 1.97. The standard InChI is InChI=1S/C25H23N/c1-16-14-24(18(3)17(16)2)22-11-7-6-10-21(22)23-13-12-19-8-4-5-9-20(19)25(23)15-26/h4-13,15,26H,14H2,1-3H3. The molecule has 4 rings (SSSR count). The van der Waals surface area contributed by atoms with E-state index in [4.69, 9.17) is 5.41 Å². The molecule has 0 saturated carbocycles. The van der Waals surface area contributed by atoms with Gasteiger partial charge in [-0.05, 0) is 71.4 Å². The molecule has 1 aliphatic carbocycles. The van der Waals surface area contributed by atoms with Crippen LogP contribution in [0.4, 0.5) is 0 Å². The minimum absolute atomic E-state index is 0.994. The third-order valence-corrected chi connectivity index (χ3v) is 5.75. The Labute approximate surface area is 155 Å². The molecule has 128 valence electrons. The molecule has 0 atom stereocenters. The molecule has 0 spiro atoms. The van der Waals surface area contributed by atoms with E-state index in [-0.39, 0.29) is 0 Å². The van der Waals surface area contributed by atoms with Gasteiger partial charge < -0.3 is 5.41 Å². The zero-order valence-corrected chi connectivity index (χ0v) is 15.6. The van der Waals surface area contributed by atoms with Gasteiger partial charge in [0.2, 0.25) is 0 Å². The highest BCUT2D eigenvalue weighted by molar-refractivity contribution is 6.06. The van der Waals surface area contributed by atoms with Crippen molar-refractivity contribution in [3.05, 3.63) is 88.5 Å². The monoisotopic (exact) mass is 337 g/mol. The van der Waals surface area contributed by atoms with Crippen molar-refractivity contribution in [3.63, 3.8) is 0 Å². The summed E-state index contributed by atoms with van der Waals surface area (Å²) in [5.74, 6) is 0. The minimum Gasteiger partial charge on any atom is -0.308 e. The van der Waals surface area contributed by atoms with Crippen LogP contribution >= 0.6 is 0 Å². The second-order valence-electron chi connectivity index (χ2n) is 7.12. The summed E-state index contributed by atoms with van der Waals surface area (Å²) >= 11 is 0. The molecule has 0 aromatic heterocycles. The Morgan fingerprint density at radius 1 is 0.731 bits per heavy atom. The van der Waals surface area contributed by atoms with Gasteiger partial charge in [0.15, 0.2) is 0 Å². The third kappa shape index (κ3) is 2.52. The van der Waals surface area contributed by atoms with E-state index in [1.807, 2.05) is 12.1 Å². The smallest absolute Gasteiger partial charge is 0.0262 e. The van der Waals surface area contributed by atoms with Gasteiger partial charge in [-0.2, -0.15) is 0 Å². The quantitative estimate of drug-likeness (QED) is 0.497. The summed E-state index contributed by atoms with van der Waals surface area (Å²) < 4.78 is 0. The van der Waals surface area contributed by atoms with Gasteiger partial charge in [-0.3, -0.25) is 0 Å². The Bertz CT molecular complexity index is 1100. The second-order valence-corrected chi connectivity index (χ2v) is 7.12. The molecule has 0 fully saturated rings. The van der Waals surface area contributed by atoms with Crippen LogP contribution in [0.1, 0.15) is 38.3 Å². The number of hydrogen-bond donors (Lipinski definition) is 1.